The second kappa shape index (κ2) is 8.82. The van der Waals surface area contributed by atoms with Gasteiger partial charge in [-0.3, -0.25) is 9.59 Å². The summed E-state index contributed by atoms with van der Waals surface area (Å²) in [6.45, 7) is 5.66. The van der Waals surface area contributed by atoms with Crippen LogP contribution in [0.3, 0.4) is 0 Å². The highest BCUT2D eigenvalue weighted by Gasteiger charge is 2.17. The summed E-state index contributed by atoms with van der Waals surface area (Å²) in [6.07, 6.45) is 0.242. The zero-order valence-corrected chi connectivity index (χ0v) is 15.3. The summed E-state index contributed by atoms with van der Waals surface area (Å²) in [5.41, 5.74) is 3.57. The largest absolute Gasteiger partial charge is 0.484 e. The van der Waals surface area contributed by atoms with Gasteiger partial charge in [0.05, 0.1) is 12.5 Å². The maximum Gasteiger partial charge on any atom is 0.264 e. The van der Waals surface area contributed by atoms with E-state index in [0.29, 0.717) is 17.9 Å². The fourth-order valence-electron chi connectivity index (χ4n) is 2.46. The molecular weight excluding hydrogens is 328 g/mol. The first-order chi connectivity index (χ1) is 12.4. The van der Waals surface area contributed by atoms with Gasteiger partial charge in [-0.05, 0) is 68.3 Å². The molecule has 0 fully saturated rings. The first-order valence-corrected chi connectivity index (χ1v) is 8.40. The summed E-state index contributed by atoms with van der Waals surface area (Å²) in [5, 5.41) is 8.87. The van der Waals surface area contributed by atoms with E-state index >= 15 is 0 Å². The van der Waals surface area contributed by atoms with Gasteiger partial charge in [0.25, 0.3) is 5.91 Å². The molecule has 1 amide bonds. The Kier molecular flexibility index (Phi) is 6.51. The van der Waals surface area contributed by atoms with Crippen LogP contribution in [-0.2, 0) is 4.79 Å². The molecule has 2 aromatic rings. The number of carbonyl (C=O) groups excluding carboxylic acids is 2. The smallest absolute Gasteiger partial charge is 0.264 e. The van der Waals surface area contributed by atoms with E-state index in [4.69, 9.17) is 10.00 Å². The summed E-state index contributed by atoms with van der Waals surface area (Å²) in [7, 11) is 0. The molecule has 0 atom stereocenters. The quantitative estimate of drug-likeness (QED) is 0.712. The maximum absolute atomic E-state index is 12.6. The van der Waals surface area contributed by atoms with Crippen molar-refractivity contribution < 1.29 is 14.3 Å². The van der Waals surface area contributed by atoms with Crippen molar-refractivity contribution in [3.8, 4) is 11.8 Å². The van der Waals surface area contributed by atoms with Gasteiger partial charge in [-0.25, -0.2) is 0 Å². The maximum atomic E-state index is 12.6. The summed E-state index contributed by atoms with van der Waals surface area (Å²) in [4.78, 5) is 25.5. The molecule has 0 aliphatic rings. The van der Waals surface area contributed by atoms with Crippen molar-refractivity contribution in [3.05, 3.63) is 59.2 Å². The molecule has 0 saturated carbocycles. The minimum absolute atomic E-state index is 0.0231. The lowest BCUT2D eigenvalue weighted by Crippen LogP contribution is -2.35. The number of ether oxygens (including phenoxy) is 1. The number of rotatable bonds is 7. The van der Waals surface area contributed by atoms with Crippen LogP contribution in [0.15, 0.2) is 42.5 Å². The van der Waals surface area contributed by atoms with Gasteiger partial charge in [-0.2, -0.15) is 5.26 Å². The van der Waals surface area contributed by atoms with Gasteiger partial charge in [-0.1, -0.05) is 6.07 Å². The van der Waals surface area contributed by atoms with Crippen molar-refractivity contribution in [1.82, 2.24) is 0 Å². The van der Waals surface area contributed by atoms with Crippen LogP contribution in [0.4, 0.5) is 5.69 Å². The lowest BCUT2D eigenvalue weighted by atomic mass is 10.1. The van der Waals surface area contributed by atoms with Gasteiger partial charge in [0, 0.05) is 17.8 Å². The monoisotopic (exact) mass is 350 g/mol. The van der Waals surface area contributed by atoms with Gasteiger partial charge in [0.15, 0.2) is 12.4 Å². The Hall–Kier alpha value is -3.13. The number of anilines is 1. The Bertz CT molecular complexity index is 835. The molecule has 0 N–H and O–H groups in total. The molecule has 2 aromatic carbocycles. The summed E-state index contributed by atoms with van der Waals surface area (Å²) < 4.78 is 5.55. The number of hydrogen-bond donors (Lipinski definition) is 0. The lowest BCUT2D eigenvalue weighted by molar-refractivity contribution is -0.120. The number of nitriles is 1. The minimum atomic E-state index is -0.223. The highest BCUT2D eigenvalue weighted by atomic mass is 16.5. The summed E-state index contributed by atoms with van der Waals surface area (Å²) in [6, 6.07) is 14.5. The molecule has 134 valence electrons. The van der Waals surface area contributed by atoms with Crippen LogP contribution in [0, 0.1) is 25.2 Å². The van der Waals surface area contributed by atoms with E-state index in [1.54, 1.807) is 29.2 Å². The number of carbonyl (C=O) groups is 2. The zero-order chi connectivity index (χ0) is 19.1. The van der Waals surface area contributed by atoms with E-state index in [2.05, 4.69) is 6.07 Å². The fourth-order valence-corrected chi connectivity index (χ4v) is 2.46. The van der Waals surface area contributed by atoms with E-state index in [1.165, 1.54) is 6.92 Å². The molecule has 0 saturated heterocycles. The summed E-state index contributed by atoms with van der Waals surface area (Å²) in [5.74, 6) is 0.271. The number of Topliss-reactive ketones (excluding diaryl/α,β-unsaturated/α-hetero) is 1. The van der Waals surface area contributed by atoms with Crippen LogP contribution in [0.5, 0.6) is 5.75 Å². The molecule has 0 aliphatic carbocycles. The van der Waals surface area contributed by atoms with E-state index in [9.17, 15) is 9.59 Å². The number of hydrogen-bond acceptors (Lipinski definition) is 4. The molecule has 5 nitrogen and oxygen atoms in total. The number of amides is 1. The third-order valence-corrected chi connectivity index (χ3v) is 4.17. The molecule has 0 heterocycles. The van der Waals surface area contributed by atoms with Gasteiger partial charge < -0.3 is 9.64 Å². The molecule has 0 bridgehead atoms. The molecule has 0 spiro atoms. The van der Waals surface area contributed by atoms with E-state index in [1.807, 2.05) is 32.0 Å². The normalized spacial score (nSPS) is 10.1. The Balaban J connectivity index is 2.09. The molecule has 5 heteroatoms. The van der Waals surface area contributed by atoms with Crippen molar-refractivity contribution >= 4 is 17.4 Å². The highest BCUT2D eigenvalue weighted by Crippen LogP contribution is 2.20. The molecule has 26 heavy (non-hydrogen) atoms. The Morgan fingerprint density at radius 1 is 1.08 bits per heavy atom. The zero-order valence-electron chi connectivity index (χ0n) is 15.3. The number of aryl methyl sites for hydroxylation is 2. The summed E-state index contributed by atoms with van der Waals surface area (Å²) >= 11 is 0. The topological polar surface area (TPSA) is 70.4 Å². The van der Waals surface area contributed by atoms with E-state index < -0.39 is 0 Å². The molecule has 0 radical (unpaired) electrons. The van der Waals surface area contributed by atoms with Crippen LogP contribution in [0.1, 0.15) is 34.8 Å². The Morgan fingerprint density at radius 3 is 2.35 bits per heavy atom. The Labute approximate surface area is 153 Å². The predicted octanol–water partition coefficient (Wildman–Crippen LogP) is 3.83. The third-order valence-electron chi connectivity index (χ3n) is 4.17. The number of nitrogens with zero attached hydrogens (tertiary/aromatic N) is 2. The first-order valence-electron chi connectivity index (χ1n) is 8.40. The van der Waals surface area contributed by atoms with Crippen molar-refractivity contribution in [2.75, 3.05) is 18.1 Å². The van der Waals surface area contributed by atoms with Crippen LogP contribution in [0.2, 0.25) is 0 Å². The fraction of sp³-hybridized carbons (Fsp3) is 0.286. The van der Waals surface area contributed by atoms with Gasteiger partial charge in [-0.15, -0.1) is 0 Å². The lowest BCUT2D eigenvalue weighted by Gasteiger charge is -2.23. The predicted molar refractivity (Wildman–Crippen MR) is 100 cm³/mol. The van der Waals surface area contributed by atoms with Gasteiger partial charge in [0.1, 0.15) is 5.75 Å². The average molecular weight is 350 g/mol. The van der Waals surface area contributed by atoms with Crippen LogP contribution in [0.25, 0.3) is 0 Å². The average Bonchev–Trinajstić information content (AvgIpc) is 2.63. The molecule has 2 rings (SSSR count). The van der Waals surface area contributed by atoms with Crippen LogP contribution >= 0.6 is 0 Å². The molecule has 0 aliphatic heterocycles. The highest BCUT2D eigenvalue weighted by molar-refractivity contribution is 5.95. The van der Waals surface area contributed by atoms with Crippen molar-refractivity contribution in [3.63, 3.8) is 0 Å². The first kappa shape index (κ1) is 19.2. The molecular formula is C21H22N2O3. The minimum Gasteiger partial charge on any atom is -0.484 e. The SMILES string of the molecule is CC(=O)c1ccc(OCC(=O)N(CCC#N)c2ccc(C)c(C)c2)cc1. The standard InChI is InChI=1S/C21H22N2O3/c1-15-5-8-19(13-16(15)2)23(12-4-11-22)21(25)14-26-20-9-6-18(7-10-20)17(3)24/h5-10,13H,4,12,14H2,1-3H3. The number of benzene rings is 2. The van der Waals surface area contributed by atoms with E-state index in [0.717, 1.165) is 16.8 Å². The second-order valence-electron chi connectivity index (χ2n) is 6.09. The van der Waals surface area contributed by atoms with Crippen molar-refractivity contribution in [2.24, 2.45) is 0 Å². The van der Waals surface area contributed by atoms with E-state index in [-0.39, 0.29) is 24.7 Å². The second-order valence-corrected chi connectivity index (χ2v) is 6.09. The van der Waals surface area contributed by atoms with Crippen molar-refractivity contribution in [2.45, 2.75) is 27.2 Å². The Morgan fingerprint density at radius 2 is 1.77 bits per heavy atom. The van der Waals surface area contributed by atoms with Gasteiger partial charge in [0.2, 0.25) is 0 Å². The van der Waals surface area contributed by atoms with Crippen LogP contribution in [-0.4, -0.2) is 24.8 Å². The van der Waals surface area contributed by atoms with Gasteiger partial charge >= 0.3 is 0 Å². The number of ketones is 1. The molecule has 0 unspecified atom stereocenters. The van der Waals surface area contributed by atoms with Crippen LogP contribution < -0.4 is 9.64 Å². The van der Waals surface area contributed by atoms with Crippen molar-refractivity contribution in [1.29, 1.82) is 5.26 Å². The molecule has 0 aromatic heterocycles. The third kappa shape index (κ3) is 4.93.